The van der Waals surface area contributed by atoms with Gasteiger partial charge in [-0.05, 0) is 50.4 Å². The molecule has 2 N–H and O–H groups in total. The maximum absolute atomic E-state index is 14.5. The van der Waals surface area contributed by atoms with Gasteiger partial charge in [0.25, 0.3) is 5.91 Å². The molecule has 2 saturated heterocycles. The van der Waals surface area contributed by atoms with Gasteiger partial charge in [0.15, 0.2) is 5.78 Å². The highest BCUT2D eigenvalue weighted by atomic mass is 16.2. The Morgan fingerprint density at radius 3 is 2.44 bits per heavy atom. The number of carbonyl (C=O) groups excluding carboxylic acids is 3. The Morgan fingerprint density at radius 1 is 0.889 bits per heavy atom. The molecule has 0 aromatic heterocycles. The molecule has 3 aromatic carbocycles. The zero-order valence-electron chi connectivity index (χ0n) is 20.3. The highest BCUT2D eigenvalue weighted by molar-refractivity contribution is 6.21. The third-order valence-corrected chi connectivity index (χ3v) is 8.96. The van der Waals surface area contributed by atoms with E-state index in [0.29, 0.717) is 17.8 Å². The van der Waals surface area contributed by atoms with Crippen LogP contribution in [0.2, 0.25) is 0 Å². The van der Waals surface area contributed by atoms with Crippen molar-refractivity contribution in [3.05, 3.63) is 94.5 Å². The summed E-state index contributed by atoms with van der Waals surface area (Å²) in [5.74, 6) is -1.27. The summed E-state index contributed by atoms with van der Waals surface area (Å²) < 4.78 is 0. The Kier molecular flexibility index (Phi) is 4.26. The number of Topliss-reactive ketones (excluding diaryl/α,β-unsaturated/α-hetero) is 1. The number of aryl methyl sites for hydroxylation is 2. The summed E-state index contributed by atoms with van der Waals surface area (Å²) in [5.41, 5.74) is 2.86. The van der Waals surface area contributed by atoms with Crippen molar-refractivity contribution in [2.75, 3.05) is 17.2 Å². The molecule has 4 atom stereocenters. The lowest BCUT2D eigenvalue weighted by molar-refractivity contribution is -0.137. The molecule has 4 heterocycles. The van der Waals surface area contributed by atoms with Crippen LogP contribution in [-0.4, -0.2) is 35.1 Å². The minimum absolute atomic E-state index is 0.0791. The first kappa shape index (κ1) is 21.5. The number of nitrogens with zero attached hydrogens (tertiary/aromatic N) is 1. The van der Waals surface area contributed by atoms with Crippen LogP contribution in [0, 0.1) is 19.8 Å². The zero-order valence-corrected chi connectivity index (χ0v) is 20.3. The van der Waals surface area contributed by atoms with Crippen LogP contribution < -0.4 is 10.6 Å². The average Bonchev–Trinajstić information content (AvgIpc) is 3.59. The highest BCUT2D eigenvalue weighted by Gasteiger charge is 2.81. The fourth-order valence-electron chi connectivity index (χ4n) is 7.65. The summed E-state index contributed by atoms with van der Waals surface area (Å²) in [6, 6.07) is 20.8. The van der Waals surface area contributed by atoms with Crippen LogP contribution in [0.4, 0.5) is 11.4 Å². The highest BCUT2D eigenvalue weighted by Crippen LogP contribution is 2.68. The molecule has 6 heteroatoms. The maximum atomic E-state index is 14.5. The molecule has 3 aromatic rings. The monoisotopic (exact) mass is 477 g/mol. The van der Waals surface area contributed by atoms with Gasteiger partial charge in [-0.15, -0.1) is 0 Å². The van der Waals surface area contributed by atoms with Gasteiger partial charge in [0.1, 0.15) is 11.0 Å². The number of rotatable bonds is 2. The smallest absolute Gasteiger partial charge is 0.251 e. The van der Waals surface area contributed by atoms with Crippen molar-refractivity contribution in [2.24, 2.45) is 5.92 Å². The molecular formula is C30H27N3O3. The Morgan fingerprint density at radius 2 is 1.64 bits per heavy atom. The average molecular weight is 478 g/mol. The quantitative estimate of drug-likeness (QED) is 0.539. The first-order valence-electron chi connectivity index (χ1n) is 12.6. The first-order valence-corrected chi connectivity index (χ1v) is 12.6. The van der Waals surface area contributed by atoms with Crippen LogP contribution in [-0.2, 0) is 20.5 Å². The summed E-state index contributed by atoms with van der Waals surface area (Å²) in [7, 11) is 0. The van der Waals surface area contributed by atoms with E-state index in [4.69, 9.17) is 0 Å². The Labute approximate surface area is 209 Å². The second kappa shape index (κ2) is 7.14. The fraction of sp³-hybridized carbons (Fsp3) is 0.300. The topological polar surface area (TPSA) is 78.5 Å². The number of hydrogen-bond acceptors (Lipinski definition) is 4. The molecule has 0 aliphatic carbocycles. The second-order valence-corrected chi connectivity index (χ2v) is 10.6. The van der Waals surface area contributed by atoms with Crippen molar-refractivity contribution in [2.45, 2.75) is 43.7 Å². The minimum Gasteiger partial charge on any atom is -0.325 e. The summed E-state index contributed by atoms with van der Waals surface area (Å²) in [6.07, 6.45) is 1.63. The van der Waals surface area contributed by atoms with Gasteiger partial charge in [-0.3, -0.25) is 19.3 Å². The Hall–Kier alpha value is -3.77. The van der Waals surface area contributed by atoms with Gasteiger partial charge in [0.2, 0.25) is 5.91 Å². The van der Waals surface area contributed by atoms with Crippen LogP contribution in [0.25, 0.3) is 0 Å². The number of ketones is 1. The number of amides is 2. The van der Waals surface area contributed by atoms with Crippen LogP contribution in [0.5, 0.6) is 0 Å². The molecule has 0 bridgehead atoms. The van der Waals surface area contributed by atoms with E-state index in [1.54, 1.807) is 0 Å². The van der Waals surface area contributed by atoms with Gasteiger partial charge < -0.3 is 10.6 Å². The maximum Gasteiger partial charge on any atom is 0.251 e. The Bertz CT molecular complexity index is 1480. The summed E-state index contributed by atoms with van der Waals surface area (Å²) >= 11 is 0. The molecule has 7 rings (SSSR count). The third kappa shape index (κ3) is 2.29. The Balaban J connectivity index is 1.59. The molecule has 6 nitrogen and oxygen atoms in total. The van der Waals surface area contributed by atoms with Gasteiger partial charge >= 0.3 is 0 Å². The van der Waals surface area contributed by atoms with Crippen LogP contribution in [0.3, 0.4) is 0 Å². The van der Waals surface area contributed by atoms with Gasteiger partial charge in [0.05, 0.1) is 5.92 Å². The number of nitrogens with one attached hydrogen (secondary N) is 2. The van der Waals surface area contributed by atoms with E-state index in [0.717, 1.165) is 40.8 Å². The van der Waals surface area contributed by atoms with Gasteiger partial charge in [-0.25, -0.2) is 0 Å². The predicted molar refractivity (Wildman–Crippen MR) is 137 cm³/mol. The summed E-state index contributed by atoms with van der Waals surface area (Å²) in [4.78, 5) is 45.5. The number of hydrogen-bond donors (Lipinski definition) is 2. The van der Waals surface area contributed by atoms with Crippen molar-refractivity contribution in [3.8, 4) is 0 Å². The summed E-state index contributed by atoms with van der Waals surface area (Å²) in [6.45, 7) is 4.61. The molecule has 0 radical (unpaired) electrons. The first-order chi connectivity index (χ1) is 17.4. The molecule has 36 heavy (non-hydrogen) atoms. The van der Waals surface area contributed by atoms with E-state index < -0.39 is 16.9 Å². The molecular weight excluding hydrogens is 450 g/mol. The molecule has 0 unspecified atom stereocenters. The molecule has 2 fully saturated rings. The SMILES string of the molecule is Cc1ccc(C(=O)[C@H]2[C@@H]3CCCN3[C@]3(C(=O)Nc4c(C)cccc43)[C@]23C(=O)Nc2ccccc23)cc1. The van der Waals surface area contributed by atoms with E-state index in [9.17, 15) is 14.4 Å². The van der Waals surface area contributed by atoms with Crippen molar-refractivity contribution in [3.63, 3.8) is 0 Å². The number of fused-ring (bicyclic) bond motifs is 7. The zero-order chi connectivity index (χ0) is 24.8. The van der Waals surface area contributed by atoms with Crippen molar-refractivity contribution in [1.82, 2.24) is 4.90 Å². The molecule has 2 amide bonds. The van der Waals surface area contributed by atoms with Crippen molar-refractivity contribution < 1.29 is 14.4 Å². The fourth-order valence-corrected chi connectivity index (χ4v) is 7.65. The van der Waals surface area contributed by atoms with Crippen LogP contribution in [0.15, 0.2) is 66.7 Å². The van der Waals surface area contributed by atoms with Crippen molar-refractivity contribution in [1.29, 1.82) is 0 Å². The van der Waals surface area contributed by atoms with E-state index in [2.05, 4.69) is 15.5 Å². The summed E-state index contributed by atoms with van der Waals surface area (Å²) in [5, 5.41) is 6.23. The van der Waals surface area contributed by atoms with E-state index in [-0.39, 0.29) is 23.6 Å². The molecule has 4 aliphatic rings. The standard InChI is InChI=1S/C30H27N3O3/c1-17-12-14-19(15-13-17)26(34)24-23-11-6-16-33(23)30(21-9-5-7-18(2)25(21)32-28(30)36)29(24)20-8-3-4-10-22(20)31-27(29)35/h3-5,7-10,12-15,23-24H,6,11,16H2,1-2H3,(H,31,35)(H,32,36)/t23-,24+,29-,30+/m0/s1. The van der Waals surface area contributed by atoms with E-state index in [1.807, 2.05) is 80.6 Å². The second-order valence-electron chi connectivity index (χ2n) is 10.6. The number of anilines is 2. The van der Waals surface area contributed by atoms with Gasteiger partial charge in [-0.2, -0.15) is 0 Å². The number of carbonyl (C=O) groups is 3. The lowest BCUT2D eigenvalue weighted by Crippen LogP contribution is -2.62. The van der Waals surface area contributed by atoms with Crippen LogP contribution in [0.1, 0.15) is 45.5 Å². The predicted octanol–water partition coefficient (Wildman–Crippen LogP) is 4.32. The third-order valence-electron chi connectivity index (χ3n) is 8.96. The van der Waals surface area contributed by atoms with E-state index >= 15 is 0 Å². The molecule has 180 valence electrons. The minimum atomic E-state index is -1.39. The lowest BCUT2D eigenvalue weighted by Gasteiger charge is -2.43. The number of benzene rings is 3. The van der Waals surface area contributed by atoms with E-state index in [1.165, 1.54) is 0 Å². The molecule has 4 aliphatic heterocycles. The largest absolute Gasteiger partial charge is 0.325 e. The molecule has 2 spiro atoms. The molecule has 0 saturated carbocycles. The van der Waals surface area contributed by atoms with Gasteiger partial charge in [-0.1, -0.05) is 66.2 Å². The number of para-hydroxylation sites is 2. The van der Waals surface area contributed by atoms with Crippen LogP contribution >= 0.6 is 0 Å². The normalized spacial score (nSPS) is 29.8. The lowest BCUT2D eigenvalue weighted by atomic mass is 9.57. The van der Waals surface area contributed by atoms with Crippen molar-refractivity contribution >= 4 is 29.0 Å². The van der Waals surface area contributed by atoms with Gasteiger partial charge in [0, 0.05) is 28.5 Å².